The highest BCUT2D eigenvalue weighted by molar-refractivity contribution is 6.35. The third-order valence-electron chi connectivity index (χ3n) is 5.47. The van der Waals surface area contributed by atoms with Crippen molar-refractivity contribution in [2.45, 2.75) is 30.8 Å². The number of nitrogens with two attached hydrogens (primary N) is 1. The van der Waals surface area contributed by atoms with E-state index < -0.39 is 0 Å². The molecule has 4 rings (SSSR count). The van der Waals surface area contributed by atoms with Gasteiger partial charge >= 0.3 is 0 Å². The number of nitrogens with zero attached hydrogens (tertiary/aromatic N) is 1. The van der Waals surface area contributed by atoms with Crippen LogP contribution in [-0.4, -0.2) is 43.2 Å². The molecular weight excluding hydrogens is 365 g/mol. The van der Waals surface area contributed by atoms with Crippen molar-refractivity contribution < 1.29 is 0 Å². The summed E-state index contributed by atoms with van der Waals surface area (Å²) in [5.41, 5.74) is 9.57. The summed E-state index contributed by atoms with van der Waals surface area (Å²) in [6, 6.07) is 15.4. The quantitative estimate of drug-likeness (QED) is 0.779. The Morgan fingerprint density at radius 3 is 2.42 bits per heavy atom. The van der Waals surface area contributed by atoms with Crippen molar-refractivity contribution in [3.63, 3.8) is 0 Å². The van der Waals surface area contributed by atoms with Crippen LogP contribution in [0, 0.1) is 0 Å². The molecule has 5 heteroatoms. The van der Waals surface area contributed by atoms with Gasteiger partial charge in [0, 0.05) is 47.7 Å². The smallest absolute Gasteiger partial charge is 0.0426 e. The van der Waals surface area contributed by atoms with Gasteiger partial charge in [0.2, 0.25) is 0 Å². The van der Waals surface area contributed by atoms with Crippen LogP contribution in [0.1, 0.15) is 24.3 Å². The Morgan fingerprint density at radius 2 is 1.77 bits per heavy atom. The van der Waals surface area contributed by atoms with E-state index in [1.54, 1.807) is 6.07 Å². The maximum absolute atomic E-state index is 6.11. The standard InChI is InChI=1S/C21H25Cl2N3/c22-17-9-16(10-18(23)11-17)14-1-3-15(4-2-14)20-12-21(20)25-6-8-26-7-5-19(24)13-26/h1-4,9-11,19-21,25H,5-8,12-13,24H2/t19-,20?,21+/m1/s1. The van der Waals surface area contributed by atoms with Crippen molar-refractivity contribution in [2.24, 2.45) is 5.73 Å². The zero-order valence-corrected chi connectivity index (χ0v) is 16.3. The van der Waals surface area contributed by atoms with Gasteiger partial charge in [-0.05, 0) is 54.3 Å². The zero-order chi connectivity index (χ0) is 18.1. The molecule has 1 aliphatic heterocycles. The summed E-state index contributed by atoms with van der Waals surface area (Å²) in [6.45, 7) is 4.34. The largest absolute Gasteiger partial charge is 0.326 e. The summed E-state index contributed by atoms with van der Waals surface area (Å²) in [7, 11) is 0. The predicted molar refractivity (Wildman–Crippen MR) is 110 cm³/mol. The first kappa shape index (κ1) is 18.3. The topological polar surface area (TPSA) is 41.3 Å². The molecule has 3 atom stereocenters. The molecule has 2 aromatic rings. The molecule has 3 N–H and O–H groups in total. The van der Waals surface area contributed by atoms with Gasteiger partial charge in [-0.1, -0.05) is 47.5 Å². The van der Waals surface area contributed by atoms with Crippen LogP contribution in [0.2, 0.25) is 10.0 Å². The van der Waals surface area contributed by atoms with E-state index in [2.05, 4.69) is 34.5 Å². The maximum atomic E-state index is 6.11. The average molecular weight is 390 g/mol. The molecule has 138 valence electrons. The van der Waals surface area contributed by atoms with Crippen LogP contribution in [0.3, 0.4) is 0 Å². The van der Waals surface area contributed by atoms with E-state index in [0.29, 0.717) is 28.0 Å². The van der Waals surface area contributed by atoms with Crippen LogP contribution in [0.5, 0.6) is 0 Å². The number of benzene rings is 2. The van der Waals surface area contributed by atoms with Crippen LogP contribution in [0.4, 0.5) is 0 Å². The summed E-state index contributed by atoms with van der Waals surface area (Å²) in [4.78, 5) is 2.46. The zero-order valence-electron chi connectivity index (χ0n) is 14.8. The molecule has 1 aliphatic carbocycles. The van der Waals surface area contributed by atoms with Crippen LogP contribution in [0.15, 0.2) is 42.5 Å². The molecule has 0 aromatic heterocycles. The lowest BCUT2D eigenvalue weighted by atomic mass is 10.0. The first-order chi connectivity index (χ1) is 12.6. The normalized spacial score (nSPS) is 25.6. The van der Waals surface area contributed by atoms with E-state index in [4.69, 9.17) is 28.9 Å². The van der Waals surface area contributed by atoms with Gasteiger partial charge in [-0.2, -0.15) is 0 Å². The lowest BCUT2D eigenvalue weighted by molar-refractivity contribution is 0.331. The van der Waals surface area contributed by atoms with Gasteiger partial charge in [0.15, 0.2) is 0 Å². The van der Waals surface area contributed by atoms with E-state index in [1.807, 2.05) is 12.1 Å². The molecule has 0 amide bonds. The van der Waals surface area contributed by atoms with Crippen molar-refractivity contribution >= 4 is 23.2 Å². The van der Waals surface area contributed by atoms with Crippen molar-refractivity contribution in [3.05, 3.63) is 58.1 Å². The third-order valence-corrected chi connectivity index (χ3v) is 5.90. The number of hydrogen-bond acceptors (Lipinski definition) is 3. The maximum Gasteiger partial charge on any atom is 0.0426 e. The Morgan fingerprint density at radius 1 is 1.04 bits per heavy atom. The number of halogens is 2. The molecule has 1 heterocycles. The lowest BCUT2D eigenvalue weighted by Gasteiger charge is -2.15. The van der Waals surface area contributed by atoms with Gasteiger partial charge in [-0.25, -0.2) is 0 Å². The molecule has 2 aromatic carbocycles. The van der Waals surface area contributed by atoms with Gasteiger partial charge in [0.25, 0.3) is 0 Å². The number of likely N-dealkylation sites (tertiary alicyclic amines) is 1. The summed E-state index contributed by atoms with van der Waals surface area (Å²) < 4.78 is 0. The van der Waals surface area contributed by atoms with Crippen LogP contribution in [-0.2, 0) is 0 Å². The van der Waals surface area contributed by atoms with Crippen molar-refractivity contribution in [1.29, 1.82) is 0 Å². The highest BCUT2D eigenvalue weighted by Crippen LogP contribution is 2.41. The Bertz CT molecular complexity index is 742. The molecule has 0 radical (unpaired) electrons. The van der Waals surface area contributed by atoms with Gasteiger partial charge in [0.1, 0.15) is 0 Å². The molecule has 2 fully saturated rings. The molecule has 26 heavy (non-hydrogen) atoms. The highest BCUT2D eigenvalue weighted by atomic mass is 35.5. The summed E-state index contributed by atoms with van der Waals surface area (Å²) in [5, 5.41) is 5.03. The van der Waals surface area contributed by atoms with Crippen LogP contribution in [0.25, 0.3) is 11.1 Å². The minimum Gasteiger partial charge on any atom is -0.326 e. The Kier molecular flexibility index (Phi) is 5.53. The second-order valence-electron chi connectivity index (χ2n) is 7.53. The van der Waals surface area contributed by atoms with E-state index in [9.17, 15) is 0 Å². The third kappa shape index (κ3) is 4.41. The summed E-state index contributed by atoms with van der Waals surface area (Å²) in [5.74, 6) is 0.632. The average Bonchev–Trinajstić information content (AvgIpc) is 3.27. The molecule has 1 unspecified atom stereocenters. The Balaban J connectivity index is 1.29. The molecule has 1 saturated carbocycles. The predicted octanol–water partition coefficient (Wildman–Crippen LogP) is 4.14. The van der Waals surface area contributed by atoms with Gasteiger partial charge in [0.05, 0.1) is 0 Å². The molecule has 1 saturated heterocycles. The van der Waals surface area contributed by atoms with Crippen LogP contribution >= 0.6 is 23.2 Å². The minimum atomic E-state index is 0.372. The van der Waals surface area contributed by atoms with E-state index >= 15 is 0 Å². The number of hydrogen-bond donors (Lipinski definition) is 2. The van der Waals surface area contributed by atoms with Crippen LogP contribution < -0.4 is 11.1 Å². The van der Waals surface area contributed by atoms with Gasteiger partial charge < -0.3 is 16.0 Å². The first-order valence-electron chi connectivity index (χ1n) is 9.36. The first-order valence-corrected chi connectivity index (χ1v) is 10.1. The monoisotopic (exact) mass is 389 g/mol. The lowest BCUT2D eigenvalue weighted by Crippen LogP contribution is -2.33. The number of nitrogens with one attached hydrogen (secondary N) is 1. The number of rotatable bonds is 6. The second kappa shape index (κ2) is 7.87. The SMILES string of the molecule is N[C@@H]1CCN(CCN[C@H]2CC2c2ccc(-c3cc(Cl)cc(Cl)c3)cc2)C1. The fraction of sp³-hybridized carbons (Fsp3) is 0.429. The molecule has 0 spiro atoms. The Hall–Kier alpha value is -1.10. The fourth-order valence-electron chi connectivity index (χ4n) is 3.91. The molecule has 0 bridgehead atoms. The molecule has 3 nitrogen and oxygen atoms in total. The molecular formula is C21H25Cl2N3. The van der Waals surface area contributed by atoms with E-state index in [0.717, 1.165) is 43.7 Å². The van der Waals surface area contributed by atoms with Crippen molar-refractivity contribution in [2.75, 3.05) is 26.2 Å². The second-order valence-corrected chi connectivity index (χ2v) is 8.41. The molecule has 2 aliphatic rings. The van der Waals surface area contributed by atoms with Crippen molar-refractivity contribution in [1.82, 2.24) is 10.2 Å². The van der Waals surface area contributed by atoms with E-state index in [1.165, 1.54) is 12.0 Å². The van der Waals surface area contributed by atoms with E-state index in [-0.39, 0.29) is 0 Å². The Labute approximate surface area is 165 Å². The summed E-state index contributed by atoms with van der Waals surface area (Å²) >= 11 is 12.2. The summed E-state index contributed by atoms with van der Waals surface area (Å²) in [6.07, 6.45) is 2.36. The van der Waals surface area contributed by atoms with Crippen molar-refractivity contribution in [3.8, 4) is 11.1 Å². The fourth-order valence-corrected chi connectivity index (χ4v) is 4.43. The highest BCUT2D eigenvalue weighted by Gasteiger charge is 2.37. The minimum absolute atomic E-state index is 0.372. The van der Waals surface area contributed by atoms with Gasteiger partial charge in [-0.15, -0.1) is 0 Å². The van der Waals surface area contributed by atoms with Gasteiger partial charge in [-0.3, -0.25) is 0 Å².